The van der Waals surface area contributed by atoms with Crippen molar-refractivity contribution in [2.45, 2.75) is 26.9 Å². The fourth-order valence-corrected chi connectivity index (χ4v) is 2.14. The highest BCUT2D eigenvalue weighted by molar-refractivity contribution is 4.94. The predicted molar refractivity (Wildman–Crippen MR) is 61.3 cm³/mol. The van der Waals surface area contributed by atoms with Gasteiger partial charge in [-0.2, -0.15) is 0 Å². The molecule has 88 valence electrons. The summed E-state index contributed by atoms with van der Waals surface area (Å²) in [7, 11) is 4.17. The Morgan fingerprint density at radius 2 is 1.93 bits per heavy atom. The summed E-state index contributed by atoms with van der Waals surface area (Å²) in [5.41, 5.74) is 0.216. The molecule has 0 aliphatic carbocycles. The molecule has 1 rings (SSSR count). The van der Waals surface area contributed by atoms with E-state index >= 15 is 0 Å². The highest BCUT2D eigenvalue weighted by Gasteiger charge is 2.27. The first-order valence-electron chi connectivity index (χ1n) is 5.38. The molecule has 4 nitrogen and oxygen atoms in total. The van der Waals surface area contributed by atoms with Crippen LogP contribution in [0.1, 0.15) is 20.8 Å². The van der Waals surface area contributed by atoms with Gasteiger partial charge in [-0.05, 0) is 26.4 Å². The SMILES string of the molecule is CC1N(O)C=CN1CC(C)(C)CN(C)C. The molecule has 0 radical (unpaired) electrons. The molecule has 0 fully saturated rings. The van der Waals surface area contributed by atoms with Crippen molar-refractivity contribution < 1.29 is 5.21 Å². The van der Waals surface area contributed by atoms with Crippen LogP contribution in [0.15, 0.2) is 12.4 Å². The maximum Gasteiger partial charge on any atom is 0.123 e. The van der Waals surface area contributed by atoms with Crippen molar-refractivity contribution in [1.82, 2.24) is 14.9 Å². The van der Waals surface area contributed by atoms with Gasteiger partial charge in [0.05, 0.1) is 0 Å². The second-order valence-corrected chi connectivity index (χ2v) is 5.38. The molecule has 1 N–H and O–H groups in total. The van der Waals surface area contributed by atoms with Crippen molar-refractivity contribution >= 4 is 0 Å². The van der Waals surface area contributed by atoms with Crippen molar-refractivity contribution in [2.75, 3.05) is 27.2 Å². The van der Waals surface area contributed by atoms with Gasteiger partial charge in [0.1, 0.15) is 6.17 Å². The molecule has 1 aliphatic heterocycles. The second-order valence-electron chi connectivity index (χ2n) is 5.38. The van der Waals surface area contributed by atoms with Crippen molar-refractivity contribution in [3.63, 3.8) is 0 Å². The zero-order chi connectivity index (χ0) is 11.6. The van der Waals surface area contributed by atoms with Gasteiger partial charge < -0.3 is 9.80 Å². The third-order valence-corrected chi connectivity index (χ3v) is 2.63. The number of hydroxylamine groups is 2. The summed E-state index contributed by atoms with van der Waals surface area (Å²) in [4.78, 5) is 4.35. The molecule has 15 heavy (non-hydrogen) atoms. The lowest BCUT2D eigenvalue weighted by Gasteiger charge is -2.35. The summed E-state index contributed by atoms with van der Waals surface area (Å²) >= 11 is 0. The lowest BCUT2D eigenvalue weighted by atomic mass is 9.92. The van der Waals surface area contributed by atoms with Crippen molar-refractivity contribution in [1.29, 1.82) is 0 Å². The van der Waals surface area contributed by atoms with Crippen LogP contribution in [0, 0.1) is 5.41 Å². The van der Waals surface area contributed by atoms with Gasteiger partial charge in [0.15, 0.2) is 0 Å². The molecule has 0 aromatic carbocycles. The smallest absolute Gasteiger partial charge is 0.123 e. The summed E-state index contributed by atoms with van der Waals surface area (Å²) in [6.07, 6.45) is 3.70. The van der Waals surface area contributed by atoms with Crippen LogP contribution in [0.3, 0.4) is 0 Å². The van der Waals surface area contributed by atoms with Gasteiger partial charge >= 0.3 is 0 Å². The van der Waals surface area contributed by atoms with Gasteiger partial charge in [-0.3, -0.25) is 5.21 Å². The molecule has 0 amide bonds. The minimum Gasteiger partial charge on any atom is -0.354 e. The fraction of sp³-hybridized carbons (Fsp3) is 0.818. The van der Waals surface area contributed by atoms with E-state index in [2.05, 4.69) is 37.7 Å². The van der Waals surface area contributed by atoms with E-state index in [4.69, 9.17) is 0 Å². The van der Waals surface area contributed by atoms with Gasteiger partial charge in [0.25, 0.3) is 0 Å². The quantitative estimate of drug-likeness (QED) is 0.764. The van der Waals surface area contributed by atoms with Gasteiger partial charge in [-0.15, -0.1) is 0 Å². The fourth-order valence-electron chi connectivity index (χ4n) is 2.14. The number of hydrogen-bond donors (Lipinski definition) is 1. The second kappa shape index (κ2) is 4.41. The van der Waals surface area contributed by atoms with Crippen molar-refractivity contribution in [3.05, 3.63) is 12.4 Å². The summed E-state index contributed by atoms with van der Waals surface area (Å²) in [5, 5.41) is 10.7. The topological polar surface area (TPSA) is 30.0 Å². The van der Waals surface area contributed by atoms with E-state index in [0.717, 1.165) is 13.1 Å². The largest absolute Gasteiger partial charge is 0.354 e. The molecule has 1 atom stereocenters. The maximum atomic E-state index is 9.44. The minimum absolute atomic E-state index is 0.0476. The highest BCUT2D eigenvalue weighted by atomic mass is 16.5. The molecular weight excluding hydrogens is 190 g/mol. The van der Waals surface area contributed by atoms with Crippen LogP contribution in [0.25, 0.3) is 0 Å². The van der Waals surface area contributed by atoms with Crippen LogP contribution in [0.5, 0.6) is 0 Å². The number of nitrogens with zero attached hydrogens (tertiary/aromatic N) is 3. The Morgan fingerprint density at radius 1 is 1.33 bits per heavy atom. The molecule has 0 saturated heterocycles. The Morgan fingerprint density at radius 3 is 2.33 bits per heavy atom. The normalized spacial score (nSPS) is 21.9. The van der Waals surface area contributed by atoms with Gasteiger partial charge in [0.2, 0.25) is 0 Å². The summed E-state index contributed by atoms with van der Waals surface area (Å²) in [6.45, 7) is 8.46. The first kappa shape index (κ1) is 12.3. The molecule has 1 unspecified atom stereocenters. The molecule has 0 aromatic heterocycles. The zero-order valence-corrected chi connectivity index (χ0v) is 10.4. The van der Waals surface area contributed by atoms with Crippen LogP contribution in [0.2, 0.25) is 0 Å². The Labute approximate surface area is 92.7 Å². The molecule has 1 heterocycles. The van der Waals surface area contributed by atoms with Crippen LogP contribution in [-0.4, -0.2) is 53.4 Å². The number of rotatable bonds is 4. The molecule has 4 heteroatoms. The average molecular weight is 213 g/mol. The van der Waals surface area contributed by atoms with Crippen LogP contribution in [-0.2, 0) is 0 Å². The van der Waals surface area contributed by atoms with E-state index in [-0.39, 0.29) is 11.6 Å². The first-order valence-corrected chi connectivity index (χ1v) is 5.38. The average Bonchev–Trinajstić information content (AvgIpc) is 2.33. The zero-order valence-electron chi connectivity index (χ0n) is 10.4. The third kappa shape index (κ3) is 3.39. The van der Waals surface area contributed by atoms with Crippen molar-refractivity contribution in [2.24, 2.45) is 5.41 Å². The molecule has 0 aromatic rings. The lowest BCUT2D eigenvalue weighted by Crippen LogP contribution is -2.43. The lowest BCUT2D eigenvalue weighted by molar-refractivity contribution is -0.100. The van der Waals surface area contributed by atoms with Crippen LogP contribution in [0.4, 0.5) is 0 Å². The van der Waals surface area contributed by atoms with E-state index in [1.807, 2.05) is 13.1 Å². The molecular formula is C11H23N3O. The Kier molecular flexibility index (Phi) is 3.62. The summed E-state index contributed by atoms with van der Waals surface area (Å²) < 4.78 is 0. The standard InChI is InChI=1S/C11H23N3O/c1-10-13(6-7-14(10)15)9-11(2,3)8-12(4)5/h6-7,10,15H,8-9H2,1-5H3. The van der Waals surface area contributed by atoms with E-state index in [0.29, 0.717) is 0 Å². The third-order valence-electron chi connectivity index (χ3n) is 2.63. The predicted octanol–water partition coefficient (Wildman–Crippen LogP) is 1.40. The Balaban J connectivity index is 2.51. The Hall–Kier alpha value is -0.740. The highest BCUT2D eigenvalue weighted by Crippen LogP contribution is 2.22. The minimum atomic E-state index is 0.0476. The first-order chi connectivity index (χ1) is 6.82. The van der Waals surface area contributed by atoms with E-state index in [1.54, 1.807) is 6.20 Å². The summed E-state index contributed by atoms with van der Waals surface area (Å²) in [5.74, 6) is 0. The molecule has 1 aliphatic rings. The number of hydrogen-bond acceptors (Lipinski definition) is 4. The molecule has 0 saturated carbocycles. The van der Waals surface area contributed by atoms with Gasteiger partial charge in [-0.25, -0.2) is 5.06 Å². The van der Waals surface area contributed by atoms with E-state index in [9.17, 15) is 5.21 Å². The van der Waals surface area contributed by atoms with Crippen molar-refractivity contribution in [3.8, 4) is 0 Å². The Bertz CT molecular complexity index is 238. The summed E-state index contributed by atoms with van der Waals surface area (Å²) in [6, 6.07) is 0. The molecule has 0 spiro atoms. The van der Waals surface area contributed by atoms with Gasteiger partial charge in [0, 0.05) is 25.5 Å². The van der Waals surface area contributed by atoms with Crippen LogP contribution >= 0.6 is 0 Å². The van der Waals surface area contributed by atoms with E-state index < -0.39 is 0 Å². The van der Waals surface area contributed by atoms with Crippen LogP contribution < -0.4 is 0 Å². The van der Waals surface area contributed by atoms with Gasteiger partial charge in [-0.1, -0.05) is 13.8 Å². The molecule has 0 bridgehead atoms. The monoisotopic (exact) mass is 213 g/mol. The maximum absolute atomic E-state index is 9.44. The van der Waals surface area contributed by atoms with E-state index in [1.165, 1.54) is 5.06 Å².